The fraction of sp³-hybridized carbons (Fsp3) is 0.222. The maximum Gasteiger partial charge on any atom is 0.124 e. The lowest BCUT2D eigenvalue weighted by molar-refractivity contribution is 0.357. The van der Waals surface area contributed by atoms with Crippen molar-refractivity contribution in [1.82, 2.24) is 5.32 Å². The van der Waals surface area contributed by atoms with Crippen molar-refractivity contribution in [3.63, 3.8) is 0 Å². The highest BCUT2D eigenvalue weighted by atomic mass is 19.1. The molecule has 0 amide bonds. The summed E-state index contributed by atoms with van der Waals surface area (Å²) in [6.07, 6.45) is 1.72. The number of nitrogens with one attached hydrogen (secondary N) is 1. The molecular weight excluding hydrogens is 265 g/mol. The number of halogens is 1. The first-order valence-corrected chi connectivity index (χ1v) is 7.01. The molecule has 2 aromatic carbocycles. The maximum atomic E-state index is 13.2. The summed E-state index contributed by atoms with van der Waals surface area (Å²) in [5, 5.41) is 3.39. The Morgan fingerprint density at radius 3 is 2.81 bits per heavy atom. The van der Waals surface area contributed by atoms with Gasteiger partial charge in [-0.15, -0.1) is 0 Å². The topological polar surface area (TPSA) is 21.3 Å². The molecule has 0 fully saturated rings. The standard InChI is InChI=1S/C18H20FNO/c1-3-11-21-18-10-5-4-7-16(18)13-20-14(2)15-8-6-9-17(19)12-15/h3-10,12,14,20H,1,11,13H2,2H3. The third kappa shape index (κ3) is 4.43. The summed E-state index contributed by atoms with van der Waals surface area (Å²) >= 11 is 0. The van der Waals surface area contributed by atoms with Crippen LogP contribution in [0.25, 0.3) is 0 Å². The van der Waals surface area contributed by atoms with Gasteiger partial charge in [-0.25, -0.2) is 4.39 Å². The Morgan fingerprint density at radius 1 is 1.24 bits per heavy atom. The summed E-state index contributed by atoms with van der Waals surface area (Å²) in [5.41, 5.74) is 2.00. The van der Waals surface area contributed by atoms with Crippen LogP contribution in [0.2, 0.25) is 0 Å². The molecule has 0 aliphatic heterocycles. The molecule has 0 saturated heterocycles. The van der Waals surface area contributed by atoms with Crippen LogP contribution in [0.5, 0.6) is 5.75 Å². The molecular formula is C18H20FNO. The Bertz CT molecular complexity index is 597. The minimum atomic E-state index is -0.212. The molecule has 0 spiro atoms. The minimum absolute atomic E-state index is 0.0631. The normalized spacial score (nSPS) is 11.9. The van der Waals surface area contributed by atoms with E-state index in [2.05, 4.69) is 11.9 Å². The van der Waals surface area contributed by atoms with E-state index in [0.29, 0.717) is 13.2 Å². The lowest BCUT2D eigenvalue weighted by atomic mass is 10.1. The zero-order chi connectivity index (χ0) is 15.1. The van der Waals surface area contributed by atoms with Crippen molar-refractivity contribution in [1.29, 1.82) is 0 Å². The Morgan fingerprint density at radius 2 is 2.05 bits per heavy atom. The molecule has 1 atom stereocenters. The second kappa shape index (κ2) is 7.60. The number of para-hydroxylation sites is 1. The average Bonchev–Trinajstić information content (AvgIpc) is 2.51. The number of hydrogen-bond donors (Lipinski definition) is 1. The first-order valence-electron chi connectivity index (χ1n) is 7.01. The molecule has 0 bridgehead atoms. The molecule has 21 heavy (non-hydrogen) atoms. The SMILES string of the molecule is C=CCOc1ccccc1CNC(C)c1cccc(F)c1. The van der Waals surface area contributed by atoms with Gasteiger partial charge in [0.15, 0.2) is 0 Å². The van der Waals surface area contributed by atoms with E-state index in [1.54, 1.807) is 18.2 Å². The van der Waals surface area contributed by atoms with Gasteiger partial charge in [-0.05, 0) is 30.7 Å². The summed E-state index contributed by atoms with van der Waals surface area (Å²) in [6, 6.07) is 14.6. The lowest BCUT2D eigenvalue weighted by Gasteiger charge is -2.16. The van der Waals surface area contributed by atoms with E-state index in [9.17, 15) is 4.39 Å². The van der Waals surface area contributed by atoms with Gasteiger partial charge in [0.1, 0.15) is 18.2 Å². The monoisotopic (exact) mass is 285 g/mol. The summed E-state index contributed by atoms with van der Waals surface area (Å²) in [6.45, 7) is 6.81. The highest BCUT2D eigenvalue weighted by molar-refractivity contribution is 5.33. The number of benzene rings is 2. The van der Waals surface area contributed by atoms with Crippen LogP contribution in [0.4, 0.5) is 4.39 Å². The van der Waals surface area contributed by atoms with E-state index in [1.165, 1.54) is 6.07 Å². The second-order valence-electron chi connectivity index (χ2n) is 4.86. The number of hydrogen-bond acceptors (Lipinski definition) is 2. The summed E-state index contributed by atoms with van der Waals surface area (Å²) in [7, 11) is 0. The van der Waals surface area contributed by atoms with Crippen molar-refractivity contribution in [2.45, 2.75) is 19.5 Å². The van der Waals surface area contributed by atoms with Gasteiger partial charge in [-0.2, -0.15) is 0 Å². The molecule has 0 heterocycles. The molecule has 2 aromatic rings. The smallest absolute Gasteiger partial charge is 0.124 e. The van der Waals surface area contributed by atoms with Crippen molar-refractivity contribution in [3.8, 4) is 5.75 Å². The highest BCUT2D eigenvalue weighted by Crippen LogP contribution is 2.20. The zero-order valence-electron chi connectivity index (χ0n) is 12.2. The van der Waals surface area contributed by atoms with Crippen LogP contribution >= 0.6 is 0 Å². The third-order valence-electron chi connectivity index (χ3n) is 3.28. The van der Waals surface area contributed by atoms with Gasteiger partial charge in [0.05, 0.1) is 0 Å². The predicted molar refractivity (Wildman–Crippen MR) is 83.8 cm³/mol. The predicted octanol–water partition coefficient (Wildman–Crippen LogP) is 4.24. The van der Waals surface area contributed by atoms with Crippen LogP contribution in [0.1, 0.15) is 24.1 Å². The van der Waals surface area contributed by atoms with Crippen molar-refractivity contribution < 1.29 is 9.13 Å². The van der Waals surface area contributed by atoms with Crippen LogP contribution in [0.3, 0.4) is 0 Å². The van der Waals surface area contributed by atoms with E-state index < -0.39 is 0 Å². The van der Waals surface area contributed by atoms with Crippen LogP contribution in [-0.2, 0) is 6.54 Å². The van der Waals surface area contributed by atoms with E-state index >= 15 is 0 Å². The molecule has 3 heteroatoms. The fourth-order valence-electron chi connectivity index (χ4n) is 2.10. The van der Waals surface area contributed by atoms with E-state index in [4.69, 9.17) is 4.74 Å². The van der Waals surface area contributed by atoms with Gasteiger partial charge in [0.25, 0.3) is 0 Å². The Labute approximate surface area is 125 Å². The van der Waals surface area contributed by atoms with Gasteiger partial charge in [-0.1, -0.05) is 43.0 Å². The van der Waals surface area contributed by atoms with Crippen LogP contribution in [0, 0.1) is 5.82 Å². The molecule has 1 unspecified atom stereocenters. The number of ether oxygens (including phenoxy) is 1. The van der Waals surface area contributed by atoms with Gasteiger partial charge in [0.2, 0.25) is 0 Å². The molecule has 0 aliphatic carbocycles. The fourth-order valence-corrected chi connectivity index (χ4v) is 2.10. The van der Waals surface area contributed by atoms with E-state index in [1.807, 2.05) is 37.3 Å². The molecule has 1 N–H and O–H groups in total. The first-order chi connectivity index (χ1) is 10.2. The molecule has 2 nitrogen and oxygen atoms in total. The van der Waals surface area contributed by atoms with Gasteiger partial charge < -0.3 is 10.1 Å². The minimum Gasteiger partial charge on any atom is -0.489 e. The quantitative estimate of drug-likeness (QED) is 0.768. The van der Waals surface area contributed by atoms with Gasteiger partial charge in [-0.3, -0.25) is 0 Å². The summed E-state index contributed by atoms with van der Waals surface area (Å²) in [5.74, 6) is 0.632. The molecule has 110 valence electrons. The Kier molecular flexibility index (Phi) is 5.52. The molecule has 0 radical (unpaired) electrons. The molecule has 0 saturated carbocycles. The zero-order valence-corrected chi connectivity index (χ0v) is 12.2. The average molecular weight is 285 g/mol. The van der Waals surface area contributed by atoms with E-state index in [0.717, 1.165) is 16.9 Å². The summed E-state index contributed by atoms with van der Waals surface area (Å²) in [4.78, 5) is 0. The van der Waals surface area contributed by atoms with Crippen LogP contribution in [0.15, 0.2) is 61.2 Å². The second-order valence-corrected chi connectivity index (χ2v) is 4.86. The third-order valence-corrected chi connectivity index (χ3v) is 3.28. The lowest BCUT2D eigenvalue weighted by Crippen LogP contribution is -2.18. The summed E-state index contributed by atoms with van der Waals surface area (Å²) < 4.78 is 18.9. The number of rotatable bonds is 7. The molecule has 2 rings (SSSR count). The Hall–Kier alpha value is -2.13. The van der Waals surface area contributed by atoms with Crippen molar-refractivity contribution in [2.24, 2.45) is 0 Å². The molecule has 0 aromatic heterocycles. The van der Waals surface area contributed by atoms with Crippen LogP contribution in [-0.4, -0.2) is 6.61 Å². The van der Waals surface area contributed by atoms with Crippen LogP contribution < -0.4 is 10.1 Å². The van der Waals surface area contributed by atoms with Gasteiger partial charge in [0, 0.05) is 18.2 Å². The largest absolute Gasteiger partial charge is 0.489 e. The van der Waals surface area contributed by atoms with Crippen molar-refractivity contribution >= 4 is 0 Å². The highest BCUT2D eigenvalue weighted by Gasteiger charge is 2.08. The Balaban J connectivity index is 2.01. The maximum absolute atomic E-state index is 13.2. The first kappa shape index (κ1) is 15.3. The van der Waals surface area contributed by atoms with Crippen molar-refractivity contribution in [2.75, 3.05) is 6.61 Å². The molecule has 0 aliphatic rings. The van der Waals surface area contributed by atoms with E-state index in [-0.39, 0.29) is 11.9 Å². The van der Waals surface area contributed by atoms with Crippen molar-refractivity contribution in [3.05, 3.63) is 78.1 Å². The van der Waals surface area contributed by atoms with Gasteiger partial charge >= 0.3 is 0 Å².